The standard InChI is InChI=1S/C10H15ClN2/c1-8(7-12)13(2)10-6-4-3-5-9(10)11/h3-6,8H,7,12H2,1-2H3. The number of hydrogen-bond donors (Lipinski definition) is 1. The summed E-state index contributed by atoms with van der Waals surface area (Å²) in [4.78, 5) is 2.09. The van der Waals surface area contributed by atoms with Gasteiger partial charge in [0.05, 0.1) is 10.7 Å². The summed E-state index contributed by atoms with van der Waals surface area (Å²) in [7, 11) is 2.00. The van der Waals surface area contributed by atoms with Crippen molar-refractivity contribution >= 4 is 17.3 Å². The van der Waals surface area contributed by atoms with E-state index in [-0.39, 0.29) is 0 Å². The van der Waals surface area contributed by atoms with Crippen molar-refractivity contribution in [2.45, 2.75) is 13.0 Å². The zero-order valence-electron chi connectivity index (χ0n) is 8.00. The van der Waals surface area contributed by atoms with Crippen LogP contribution in [0.25, 0.3) is 0 Å². The summed E-state index contributed by atoms with van der Waals surface area (Å²) in [5.41, 5.74) is 6.61. The quantitative estimate of drug-likeness (QED) is 0.807. The molecule has 0 bridgehead atoms. The Morgan fingerprint density at radius 3 is 2.62 bits per heavy atom. The molecule has 0 aliphatic heterocycles. The number of nitrogens with two attached hydrogens (primary N) is 1. The molecule has 0 spiro atoms. The fourth-order valence-corrected chi connectivity index (χ4v) is 1.40. The van der Waals surface area contributed by atoms with Crippen LogP contribution in [0.5, 0.6) is 0 Å². The molecule has 0 heterocycles. The van der Waals surface area contributed by atoms with Crippen molar-refractivity contribution in [3.8, 4) is 0 Å². The maximum atomic E-state index is 6.04. The molecule has 0 amide bonds. The summed E-state index contributed by atoms with van der Waals surface area (Å²) in [6.45, 7) is 2.70. The van der Waals surface area contributed by atoms with E-state index in [1.165, 1.54) is 0 Å². The zero-order chi connectivity index (χ0) is 9.84. The largest absolute Gasteiger partial charge is 0.369 e. The summed E-state index contributed by atoms with van der Waals surface area (Å²) in [5.74, 6) is 0. The number of nitrogens with zero attached hydrogens (tertiary/aromatic N) is 1. The zero-order valence-corrected chi connectivity index (χ0v) is 8.75. The highest BCUT2D eigenvalue weighted by Crippen LogP contribution is 2.25. The van der Waals surface area contributed by atoms with Gasteiger partial charge in [-0.15, -0.1) is 0 Å². The highest BCUT2D eigenvalue weighted by atomic mass is 35.5. The van der Waals surface area contributed by atoms with Gasteiger partial charge in [0.1, 0.15) is 0 Å². The van der Waals surface area contributed by atoms with Gasteiger partial charge >= 0.3 is 0 Å². The fraction of sp³-hybridized carbons (Fsp3) is 0.400. The second-order valence-corrected chi connectivity index (χ2v) is 3.55. The van der Waals surface area contributed by atoms with Crippen molar-refractivity contribution in [2.24, 2.45) is 5.73 Å². The average molecular weight is 199 g/mol. The third-order valence-corrected chi connectivity index (χ3v) is 2.55. The van der Waals surface area contributed by atoms with Crippen LogP contribution in [0.4, 0.5) is 5.69 Å². The van der Waals surface area contributed by atoms with Gasteiger partial charge in [-0.25, -0.2) is 0 Å². The fourth-order valence-electron chi connectivity index (χ4n) is 1.13. The topological polar surface area (TPSA) is 29.3 Å². The molecule has 2 N–H and O–H groups in total. The van der Waals surface area contributed by atoms with E-state index < -0.39 is 0 Å². The van der Waals surface area contributed by atoms with Crippen LogP contribution in [0.3, 0.4) is 0 Å². The first-order valence-corrected chi connectivity index (χ1v) is 4.72. The SMILES string of the molecule is CC(CN)N(C)c1ccccc1Cl. The minimum atomic E-state index is 0.305. The van der Waals surface area contributed by atoms with Gasteiger partial charge in [-0.3, -0.25) is 0 Å². The Labute approximate surface area is 84.3 Å². The van der Waals surface area contributed by atoms with E-state index >= 15 is 0 Å². The Morgan fingerprint density at radius 1 is 1.46 bits per heavy atom. The molecule has 0 radical (unpaired) electrons. The number of rotatable bonds is 3. The number of hydrogen-bond acceptors (Lipinski definition) is 2. The van der Waals surface area contributed by atoms with E-state index in [0.717, 1.165) is 10.7 Å². The monoisotopic (exact) mass is 198 g/mol. The van der Waals surface area contributed by atoms with Gasteiger partial charge in [-0.05, 0) is 19.1 Å². The highest BCUT2D eigenvalue weighted by molar-refractivity contribution is 6.33. The van der Waals surface area contributed by atoms with Crippen LogP contribution in [0.2, 0.25) is 5.02 Å². The van der Waals surface area contributed by atoms with Crippen molar-refractivity contribution in [3.63, 3.8) is 0 Å². The van der Waals surface area contributed by atoms with E-state index in [2.05, 4.69) is 11.8 Å². The molecular weight excluding hydrogens is 184 g/mol. The molecule has 2 nitrogen and oxygen atoms in total. The van der Waals surface area contributed by atoms with Gasteiger partial charge in [0.25, 0.3) is 0 Å². The van der Waals surface area contributed by atoms with Crippen LogP contribution in [0.15, 0.2) is 24.3 Å². The van der Waals surface area contributed by atoms with E-state index in [0.29, 0.717) is 12.6 Å². The normalized spacial score (nSPS) is 12.6. The summed E-state index contributed by atoms with van der Waals surface area (Å²) < 4.78 is 0. The number of anilines is 1. The van der Waals surface area contributed by atoms with Gasteiger partial charge in [0.15, 0.2) is 0 Å². The lowest BCUT2D eigenvalue weighted by Crippen LogP contribution is -2.35. The van der Waals surface area contributed by atoms with Crippen molar-refractivity contribution in [2.75, 3.05) is 18.5 Å². The number of halogens is 1. The second-order valence-electron chi connectivity index (χ2n) is 3.15. The lowest BCUT2D eigenvalue weighted by molar-refractivity contribution is 0.695. The summed E-state index contributed by atoms with van der Waals surface area (Å²) in [6.07, 6.45) is 0. The van der Waals surface area contributed by atoms with Gasteiger partial charge in [-0.1, -0.05) is 23.7 Å². The summed E-state index contributed by atoms with van der Waals surface area (Å²) in [5, 5.41) is 0.769. The molecule has 0 aliphatic carbocycles. The molecule has 1 aromatic rings. The molecule has 72 valence electrons. The molecular formula is C10H15ClN2. The van der Waals surface area contributed by atoms with Crippen LogP contribution < -0.4 is 10.6 Å². The summed E-state index contributed by atoms with van der Waals surface area (Å²) >= 11 is 6.04. The molecule has 0 saturated heterocycles. The maximum Gasteiger partial charge on any atom is 0.0639 e. The van der Waals surface area contributed by atoms with E-state index in [1.54, 1.807) is 0 Å². The van der Waals surface area contributed by atoms with Gasteiger partial charge in [0.2, 0.25) is 0 Å². The maximum absolute atomic E-state index is 6.04. The van der Waals surface area contributed by atoms with Crippen molar-refractivity contribution in [1.82, 2.24) is 0 Å². The third-order valence-electron chi connectivity index (χ3n) is 2.23. The lowest BCUT2D eigenvalue weighted by Gasteiger charge is -2.26. The van der Waals surface area contributed by atoms with Crippen LogP contribution in [-0.2, 0) is 0 Å². The Balaban J connectivity index is 2.88. The molecule has 1 aromatic carbocycles. The molecule has 0 fully saturated rings. The number of para-hydroxylation sites is 1. The number of likely N-dealkylation sites (N-methyl/N-ethyl adjacent to an activating group) is 1. The third kappa shape index (κ3) is 2.36. The van der Waals surface area contributed by atoms with E-state index in [9.17, 15) is 0 Å². The summed E-state index contributed by atoms with van der Waals surface area (Å²) in [6, 6.07) is 8.08. The average Bonchev–Trinajstić information content (AvgIpc) is 2.16. The Morgan fingerprint density at radius 2 is 2.08 bits per heavy atom. The van der Waals surface area contributed by atoms with Gasteiger partial charge in [0, 0.05) is 19.6 Å². The van der Waals surface area contributed by atoms with Gasteiger partial charge < -0.3 is 10.6 Å². The smallest absolute Gasteiger partial charge is 0.0639 e. The molecule has 0 aromatic heterocycles. The van der Waals surface area contributed by atoms with Gasteiger partial charge in [-0.2, -0.15) is 0 Å². The number of benzene rings is 1. The van der Waals surface area contributed by atoms with Crippen LogP contribution in [0, 0.1) is 0 Å². The minimum Gasteiger partial charge on any atom is -0.369 e. The molecule has 0 saturated carbocycles. The van der Waals surface area contributed by atoms with Crippen LogP contribution in [-0.4, -0.2) is 19.6 Å². The minimum absolute atomic E-state index is 0.305. The molecule has 1 atom stereocenters. The van der Waals surface area contributed by atoms with E-state index in [1.807, 2.05) is 31.3 Å². The molecule has 3 heteroatoms. The predicted molar refractivity (Wildman–Crippen MR) is 58.4 cm³/mol. The van der Waals surface area contributed by atoms with Crippen LogP contribution >= 0.6 is 11.6 Å². The molecule has 1 unspecified atom stereocenters. The highest BCUT2D eigenvalue weighted by Gasteiger charge is 2.10. The Bertz CT molecular complexity index is 275. The van der Waals surface area contributed by atoms with E-state index in [4.69, 9.17) is 17.3 Å². The molecule has 1 rings (SSSR count). The first kappa shape index (κ1) is 10.4. The Hall–Kier alpha value is -0.730. The van der Waals surface area contributed by atoms with Crippen molar-refractivity contribution < 1.29 is 0 Å². The molecule has 13 heavy (non-hydrogen) atoms. The first-order valence-electron chi connectivity index (χ1n) is 4.34. The predicted octanol–water partition coefficient (Wildman–Crippen LogP) is 2.12. The lowest BCUT2D eigenvalue weighted by atomic mass is 10.2. The second kappa shape index (κ2) is 4.49. The molecule has 0 aliphatic rings. The Kier molecular flexibility index (Phi) is 3.58. The van der Waals surface area contributed by atoms with Crippen molar-refractivity contribution in [3.05, 3.63) is 29.3 Å². The van der Waals surface area contributed by atoms with Crippen molar-refractivity contribution in [1.29, 1.82) is 0 Å². The van der Waals surface area contributed by atoms with Crippen LogP contribution in [0.1, 0.15) is 6.92 Å². The first-order chi connectivity index (χ1) is 6.16.